The second-order valence-electron chi connectivity index (χ2n) is 6.42. The predicted molar refractivity (Wildman–Crippen MR) is 90.6 cm³/mol. The largest absolute Gasteiger partial charge is 0.507 e. The Labute approximate surface area is 140 Å². The van der Waals surface area contributed by atoms with Crippen LogP contribution in [0.1, 0.15) is 31.1 Å². The SMILES string of the molecule is CC(C)(C)NS(=O)(=O)c1ccc(-c2ccc(C(=O)O)c(O)c2)cc1. The van der Waals surface area contributed by atoms with Crippen molar-refractivity contribution in [1.29, 1.82) is 0 Å². The fourth-order valence-corrected chi connectivity index (χ4v) is 3.60. The van der Waals surface area contributed by atoms with Gasteiger partial charge in [0.1, 0.15) is 11.3 Å². The maximum absolute atomic E-state index is 12.3. The summed E-state index contributed by atoms with van der Waals surface area (Å²) in [7, 11) is -3.62. The Morgan fingerprint density at radius 3 is 2.00 bits per heavy atom. The maximum atomic E-state index is 12.3. The first-order valence-corrected chi connectivity index (χ1v) is 8.69. The number of aromatic carboxylic acids is 1. The number of rotatable bonds is 4. The van der Waals surface area contributed by atoms with Gasteiger partial charge in [-0.05, 0) is 56.2 Å². The van der Waals surface area contributed by atoms with E-state index >= 15 is 0 Å². The Kier molecular flexibility index (Phi) is 4.68. The molecule has 0 atom stereocenters. The number of benzene rings is 2. The molecule has 2 rings (SSSR count). The topological polar surface area (TPSA) is 104 Å². The lowest BCUT2D eigenvalue weighted by molar-refractivity contribution is 0.0693. The van der Waals surface area contributed by atoms with E-state index in [4.69, 9.17) is 5.11 Å². The fraction of sp³-hybridized carbons (Fsp3) is 0.235. The van der Waals surface area contributed by atoms with Crippen LogP contribution >= 0.6 is 0 Å². The molecule has 3 N–H and O–H groups in total. The van der Waals surface area contributed by atoms with Crippen LogP contribution in [0.4, 0.5) is 0 Å². The zero-order chi connectivity index (χ0) is 18.1. The van der Waals surface area contributed by atoms with Crippen molar-refractivity contribution in [1.82, 2.24) is 4.72 Å². The number of nitrogens with one attached hydrogen (secondary N) is 1. The minimum absolute atomic E-state index is 0.132. The van der Waals surface area contributed by atoms with Crippen molar-refractivity contribution in [2.24, 2.45) is 0 Å². The smallest absolute Gasteiger partial charge is 0.339 e. The van der Waals surface area contributed by atoms with Gasteiger partial charge in [0.05, 0.1) is 4.90 Å². The average Bonchev–Trinajstić information content (AvgIpc) is 2.44. The number of aromatic hydroxyl groups is 1. The van der Waals surface area contributed by atoms with E-state index in [-0.39, 0.29) is 16.2 Å². The second-order valence-corrected chi connectivity index (χ2v) is 8.10. The van der Waals surface area contributed by atoms with E-state index in [1.54, 1.807) is 39.0 Å². The van der Waals surface area contributed by atoms with Gasteiger partial charge >= 0.3 is 5.97 Å². The van der Waals surface area contributed by atoms with E-state index in [2.05, 4.69) is 4.72 Å². The third-order valence-corrected chi connectivity index (χ3v) is 4.94. The lowest BCUT2D eigenvalue weighted by Gasteiger charge is -2.20. The van der Waals surface area contributed by atoms with E-state index < -0.39 is 21.5 Å². The van der Waals surface area contributed by atoms with Crippen LogP contribution in [0.15, 0.2) is 47.4 Å². The van der Waals surface area contributed by atoms with E-state index in [0.717, 1.165) is 0 Å². The number of carbonyl (C=O) groups is 1. The number of hydrogen-bond donors (Lipinski definition) is 3. The van der Waals surface area contributed by atoms with Crippen molar-refractivity contribution in [2.45, 2.75) is 31.2 Å². The summed E-state index contributed by atoms with van der Waals surface area (Å²) in [5.41, 5.74) is 0.477. The summed E-state index contributed by atoms with van der Waals surface area (Å²) in [6, 6.07) is 10.3. The second kappa shape index (κ2) is 6.26. The Bertz CT molecular complexity index is 865. The molecule has 0 amide bonds. The molecular weight excluding hydrogens is 330 g/mol. The van der Waals surface area contributed by atoms with Crippen molar-refractivity contribution in [3.05, 3.63) is 48.0 Å². The molecule has 0 aliphatic carbocycles. The Morgan fingerprint density at radius 1 is 1.00 bits per heavy atom. The van der Waals surface area contributed by atoms with Crippen molar-refractivity contribution in [2.75, 3.05) is 0 Å². The molecule has 0 bridgehead atoms. The lowest BCUT2D eigenvalue weighted by atomic mass is 10.0. The van der Waals surface area contributed by atoms with Gasteiger partial charge in [-0.3, -0.25) is 0 Å². The van der Waals surface area contributed by atoms with Crippen LogP contribution < -0.4 is 4.72 Å². The fourth-order valence-electron chi connectivity index (χ4n) is 2.18. The molecular formula is C17H19NO5S. The highest BCUT2D eigenvalue weighted by molar-refractivity contribution is 7.89. The monoisotopic (exact) mass is 349 g/mol. The molecule has 0 radical (unpaired) electrons. The molecule has 2 aromatic rings. The van der Waals surface area contributed by atoms with E-state index in [9.17, 15) is 18.3 Å². The van der Waals surface area contributed by atoms with E-state index in [1.807, 2.05) is 0 Å². The van der Waals surface area contributed by atoms with Crippen LogP contribution in [0.5, 0.6) is 5.75 Å². The molecule has 0 fully saturated rings. The molecule has 0 saturated carbocycles. The molecule has 0 aliphatic rings. The summed E-state index contributed by atoms with van der Waals surface area (Å²) in [6.45, 7) is 5.27. The zero-order valence-electron chi connectivity index (χ0n) is 13.6. The van der Waals surface area contributed by atoms with Crippen molar-refractivity contribution >= 4 is 16.0 Å². The first-order valence-electron chi connectivity index (χ1n) is 7.20. The molecule has 6 nitrogen and oxygen atoms in total. The third-order valence-electron chi connectivity index (χ3n) is 3.17. The number of hydrogen-bond acceptors (Lipinski definition) is 4. The van der Waals surface area contributed by atoms with Gasteiger partial charge < -0.3 is 10.2 Å². The molecule has 0 heterocycles. The molecule has 2 aromatic carbocycles. The first kappa shape index (κ1) is 18.0. The van der Waals surface area contributed by atoms with Crippen LogP contribution in [-0.2, 0) is 10.0 Å². The summed E-state index contributed by atoms with van der Waals surface area (Å²) in [5.74, 6) is -1.56. The number of phenols is 1. The van der Waals surface area contributed by atoms with Crippen LogP contribution in [0, 0.1) is 0 Å². The lowest BCUT2D eigenvalue weighted by Crippen LogP contribution is -2.40. The Morgan fingerprint density at radius 2 is 1.54 bits per heavy atom. The minimum atomic E-state index is -3.62. The summed E-state index contributed by atoms with van der Waals surface area (Å²) in [4.78, 5) is 11.0. The summed E-state index contributed by atoms with van der Waals surface area (Å²) in [5, 5.41) is 18.7. The summed E-state index contributed by atoms with van der Waals surface area (Å²) >= 11 is 0. The minimum Gasteiger partial charge on any atom is -0.507 e. The number of carboxylic acids is 1. The van der Waals surface area contributed by atoms with Gasteiger partial charge in [0, 0.05) is 5.54 Å². The van der Waals surface area contributed by atoms with Crippen LogP contribution in [0.3, 0.4) is 0 Å². The molecule has 7 heteroatoms. The quantitative estimate of drug-likeness (QED) is 0.787. The highest BCUT2D eigenvalue weighted by Crippen LogP contribution is 2.27. The highest BCUT2D eigenvalue weighted by Gasteiger charge is 2.21. The van der Waals surface area contributed by atoms with Crippen LogP contribution in [-0.4, -0.2) is 30.1 Å². The first-order chi connectivity index (χ1) is 11.0. The average molecular weight is 349 g/mol. The zero-order valence-corrected chi connectivity index (χ0v) is 14.4. The molecule has 24 heavy (non-hydrogen) atoms. The van der Waals surface area contributed by atoms with Crippen molar-refractivity contribution in [3.63, 3.8) is 0 Å². The molecule has 0 saturated heterocycles. The van der Waals surface area contributed by atoms with Gasteiger partial charge in [-0.1, -0.05) is 18.2 Å². The van der Waals surface area contributed by atoms with Crippen molar-refractivity contribution < 1.29 is 23.4 Å². The third kappa shape index (κ3) is 4.12. The molecule has 0 aliphatic heterocycles. The van der Waals surface area contributed by atoms with Gasteiger partial charge in [0.2, 0.25) is 10.0 Å². The molecule has 0 spiro atoms. The number of carboxylic acid groups (broad SMARTS) is 1. The van der Waals surface area contributed by atoms with Gasteiger partial charge in [-0.15, -0.1) is 0 Å². The van der Waals surface area contributed by atoms with Gasteiger partial charge in [-0.25, -0.2) is 17.9 Å². The Hall–Kier alpha value is -2.38. The van der Waals surface area contributed by atoms with E-state index in [1.165, 1.54) is 24.3 Å². The molecule has 0 aromatic heterocycles. The van der Waals surface area contributed by atoms with Crippen LogP contribution in [0.25, 0.3) is 11.1 Å². The normalized spacial score (nSPS) is 12.1. The number of sulfonamides is 1. The van der Waals surface area contributed by atoms with Gasteiger partial charge in [0.15, 0.2) is 0 Å². The molecule has 128 valence electrons. The summed E-state index contributed by atoms with van der Waals surface area (Å²) in [6.07, 6.45) is 0. The van der Waals surface area contributed by atoms with E-state index in [0.29, 0.717) is 11.1 Å². The van der Waals surface area contributed by atoms with Crippen LogP contribution in [0.2, 0.25) is 0 Å². The predicted octanol–water partition coefficient (Wildman–Crippen LogP) is 2.83. The standard InChI is InChI=1S/C17H19NO5S/c1-17(2,3)18-24(22,23)13-7-4-11(5-8-13)12-6-9-14(16(20)21)15(19)10-12/h4-10,18-19H,1-3H3,(H,20,21). The highest BCUT2D eigenvalue weighted by atomic mass is 32.2. The Balaban J connectivity index is 2.33. The summed E-state index contributed by atoms with van der Waals surface area (Å²) < 4.78 is 27.1. The molecule has 0 unspecified atom stereocenters. The van der Waals surface area contributed by atoms with Crippen molar-refractivity contribution in [3.8, 4) is 16.9 Å². The maximum Gasteiger partial charge on any atom is 0.339 e. The van der Waals surface area contributed by atoms with Gasteiger partial charge in [0.25, 0.3) is 0 Å². The van der Waals surface area contributed by atoms with Gasteiger partial charge in [-0.2, -0.15) is 0 Å².